The van der Waals surface area contributed by atoms with Crippen LogP contribution in [0.15, 0.2) is 4.52 Å². The largest absolute Gasteiger partial charge is 0.378 e. The van der Waals surface area contributed by atoms with Crippen molar-refractivity contribution in [2.24, 2.45) is 0 Å². The molecule has 0 spiro atoms. The average Bonchev–Trinajstić information content (AvgIpc) is 2.96. The lowest BCUT2D eigenvalue weighted by molar-refractivity contribution is -0.122. The summed E-state index contributed by atoms with van der Waals surface area (Å²) in [6.07, 6.45) is 0.476. The van der Waals surface area contributed by atoms with Gasteiger partial charge in [0.2, 0.25) is 5.91 Å². The Morgan fingerprint density at radius 3 is 2.90 bits per heavy atom. The van der Waals surface area contributed by atoms with Gasteiger partial charge in [-0.15, -0.1) is 0 Å². The minimum Gasteiger partial charge on any atom is -0.378 e. The van der Waals surface area contributed by atoms with Crippen molar-refractivity contribution in [1.82, 2.24) is 15.8 Å². The summed E-state index contributed by atoms with van der Waals surface area (Å²) in [5.74, 6) is 0.921. The highest BCUT2D eigenvalue weighted by atomic mass is 16.5. The zero-order valence-corrected chi connectivity index (χ0v) is 12.5. The molecule has 2 rings (SSSR count). The molecule has 6 heteroatoms. The monoisotopic (exact) mass is 281 g/mol. The van der Waals surface area contributed by atoms with Gasteiger partial charge in [0.1, 0.15) is 5.76 Å². The Kier molecular flexibility index (Phi) is 4.77. The number of aryl methyl sites for hydroxylation is 2. The molecule has 1 fully saturated rings. The summed E-state index contributed by atoms with van der Waals surface area (Å²) < 4.78 is 10.5. The first-order valence-corrected chi connectivity index (χ1v) is 6.98. The number of hydrogen-bond acceptors (Lipinski definition) is 5. The first kappa shape index (κ1) is 15.0. The van der Waals surface area contributed by atoms with Crippen LogP contribution in [0.25, 0.3) is 0 Å². The molecule has 1 amide bonds. The standard InChI is InChI=1S/C14H23N3O3/c1-8(14-9(2)17-20-10(14)3)5-13(18)16-11-6-15-7-12(11)19-4/h8,11-12,15H,5-7H2,1-4H3,(H,16,18)/t8-,11-,12+/m1/s1. The van der Waals surface area contributed by atoms with Gasteiger partial charge in [-0.1, -0.05) is 12.1 Å². The molecule has 3 atom stereocenters. The van der Waals surface area contributed by atoms with Gasteiger partial charge in [0.15, 0.2) is 0 Å². The maximum atomic E-state index is 12.1. The number of nitrogens with one attached hydrogen (secondary N) is 2. The summed E-state index contributed by atoms with van der Waals surface area (Å²) in [4.78, 5) is 12.1. The Morgan fingerprint density at radius 2 is 2.30 bits per heavy atom. The van der Waals surface area contributed by atoms with Crippen LogP contribution in [-0.2, 0) is 9.53 Å². The molecule has 6 nitrogen and oxygen atoms in total. The molecule has 0 aliphatic carbocycles. The molecule has 0 saturated carbocycles. The number of carbonyl (C=O) groups is 1. The van der Waals surface area contributed by atoms with Crippen LogP contribution in [0, 0.1) is 13.8 Å². The van der Waals surface area contributed by atoms with Crippen molar-refractivity contribution in [1.29, 1.82) is 0 Å². The summed E-state index contributed by atoms with van der Waals surface area (Å²) in [5.41, 5.74) is 1.90. The number of ether oxygens (including phenoxy) is 1. The molecule has 2 heterocycles. The molecular formula is C14H23N3O3. The maximum Gasteiger partial charge on any atom is 0.220 e. The fraction of sp³-hybridized carbons (Fsp3) is 0.714. The highest BCUT2D eigenvalue weighted by molar-refractivity contribution is 5.77. The Bertz CT molecular complexity index is 453. The molecule has 1 aliphatic rings. The summed E-state index contributed by atoms with van der Waals surface area (Å²) in [7, 11) is 1.67. The van der Waals surface area contributed by atoms with Crippen molar-refractivity contribution in [3.8, 4) is 0 Å². The lowest BCUT2D eigenvalue weighted by atomic mass is 9.95. The van der Waals surface area contributed by atoms with E-state index in [1.165, 1.54) is 0 Å². The van der Waals surface area contributed by atoms with Gasteiger partial charge < -0.3 is 19.9 Å². The molecular weight excluding hydrogens is 258 g/mol. The van der Waals surface area contributed by atoms with Crippen molar-refractivity contribution in [3.63, 3.8) is 0 Å². The molecule has 1 saturated heterocycles. The van der Waals surface area contributed by atoms with E-state index in [0.717, 1.165) is 30.1 Å². The molecule has 20 heavy (non-hydrogen) atoms. The minimum atomic E-state index is 0.0354. The summed E-state index contributed by atoms with van der Waals surface area (Å²) in [6, 6.07) is 0.0457. The van der Waals surface area contributed by atoms with Crippen LogP contribution in [-0.4, -0.2) is 43.4 Å². The number of nitrogens with zero attached hydrogens (tertiary/aromatic N) is 1. The van der Waals surface area contributed by atoms with Gasteiger partial charge in [-0.2, -0.15) is 0 Å². The van der Waals surface area contributed by atoms with Crippen molar-refractivity contribution in [3.05, 3.63) is 17.0 Å². The highest BCUT2D eigenvalue weighted by Crippen LogP contribution is 2.25. The van der Waals surface area contributed by atoms with Gasteiger partial charge in [0.05, 0.1) is 17.8 Å². The zero-order valence-electron chi connectivity index (χ0n) is 12.5. The fourth-order valence-electron chi connectivity index (χ4n) is 2.89. The van der Waals surface area contributed by atoms with Crippen LogP contribution >= 0.6 is 0 Å². The van der Waals surface area contributed by atoms with Crippen LogP contribution in [0.5, 0.6) is 0 Å². The lowest BCUT2D eigenvalue weighted by Gasteiger charge is -2.19. The molecule has 112 valence electrons. The second kappa shape index (κ2) is 6.37. The number of methoxy groups -OCH3 is 1. The first-order valence-electron chi connectivity index (χ1n) is 6.98. The van der Waals surface area contributed by atoms with Crippen LogP contribution < -0.4 is 10.6 Å². The van der Waals surface area contributed by atoms with Crippen LogP contribution in [0.2, 0.25) is 0 Å². The molecule has 1 aliphatic heterocycles. The van der Waals surface area contributed by atoms with Crippen LogP contribution in [0.1, 0.15) is 36.3 Å². The van der Waals surface area contributed by atoms with Gasteiger partial charge in [0, 0.05) is 32.2 Å². The maximum absolute atomic E-state index is 12.1. The molecule has 1 aromatic heterocycles. The van der Waals surface area contributed by atoms with Crippen molar-refractivity contribution < 1.29 is 14.1 Å². The number of aromatic nitrogens is 1. The van der Waals surface area contributed by atoms with Crippen LogP contribution in [0.3, 0.4) is 0 Å². The van der Waals surface area contributed by atoms with E-state index in [0.29, 0.717) is 6.42 Å². The number of hydrogen-bond donors (Lipinski definition) is 2. The van der Waals surface area contributed by atoms with Gasteiger partial charge >= 0.3 is 0 Å². The highest BCUT2D eigenvalue weighted by Gasteiger charge is 2.29. The topological polar surface area (TPSA) is 76.4 Å². The predicted molar refractivity (Wildman–Crippen MR) is 74.6 cm³/mol. The van der Waals surface area contributed by atoms with Gasteiger partial charge in [-0.25, -0.2) is 0 Å². The van der Waals surface area contributed by atoms with E-state index in [1.54, 1.807) is 7.11 Å². The Balaban J connectivity index is 1.91. The second-order valence-electron chi connectivity index (χ2n) is 5.45. The molecule has 0 radical (unpaired) electrons. The van der Waals surface area contributed by atoms with E-state index in [9.17, 15) is 4.79 Å². The third kappa shape index (κ3) is 3.19. The average molecular weight is 281 g/mol. The molecule has 1 aromatic rings. The van der Waals surface area contributed by atoms with E-state index in [4.69, 9.17) is 9.26 Å². The quantitative estimate of drug-likeness (QED) is 0.838. The molecule has 2 N–H and O–H groups in total. The minimum absolute atomic E-state index is 0.0354. The fourth-order valence-corrected chi connectivity index (χ4v) is 2.89. The SMILES string of the molecule is CO[C@H]1CNC[C@H]1NC(=O)C[C@@H](C)c1c(C)noc1C. The van der Waals surface area contributed by atoms with E-state index >= 15 is 0 Å². The number of rotatable bonds is 5. The molecule has 0 unspecified atom stereocenters. The zero-order chi connectivity index (χ0) is 14.7. The predicted octanol–water partition coefficient (Wildman–Crippen LogP) is 0.888. The van der Waals surface area contributed by atoms with Crippen LogP contribution in [0.4, 0.5) is 0 Å². The smallest absolute Gasteiger partial charge is 0.220 e. The first-order chi connectivity index (χ1) is 9.52. The van der Waals surface area contributed by atoms with Crippen molar-refractivity contribution >= 4 is 5.91 Å². The van der Waals surface area contributed by atoms with Gasteiger partial charge in [-0.3, -0.25) is 4.79 Å². The van der Waals surface area contributed by atoms with E-state index < -0.39 is 0 Å². The van der Waals surface area contributed by atoms with Gasteiger partial charge in [0.25, 0.3) is 0 Å². The Labute approximate surface area is 119 Å². The molecule has 0 aromatic carbocycles. The Morgan fingerprint density at radius 1 is 1.55 bits per heavy atom. The lowest BCUT2D eigenvalue weighted by Crippen LogP contribution is -2.43. The number of carbonyl (C=O) groups excluding carboxylic acids is 1. The Hall–Kier alpha value is -1.40. The molecule has 0 bridgehead atoms. The second-order valence-corrected chi connectivity index (χ2v) is 5.45. The van der Waals surface area contributed by atoms with Crippen molar-refractivity contribution in [2.45, 2.75) is 45.3 Å². The van der Waals surface area contributed by atoms with E-state index in [2.05, 4.69) is 15.8 Å². The van der Waals surface area contributed by atoms with Crippen molar-refractivity contribution in [2.75, 3.05) is 20.2 Å². The van der Waals surface area contributed by atoms with E-state index in [-0.39, 0.29) is 24.0 Å². The normalized spacial score (nSPS) is 23.8. The van der Waals surface area contributed by atoms with E-state index in [1.807, 2.05) is 20.8 Å². The third-order valence-electron chi connectivity index (χ3n) is 3.88. The summed E-state index contributed by atoms with van der Waals surface area (Å²) in [6.45, 7) is 7.34. The van der Waals surface area contributed by atoms with Gasteiger partial charge in [-0.05, 0) is 19.8 Å². The summed E-state index contributed by atoms with van der Waals surface area (Å²) in [5, 5.41) is 10.2. The summed E-state index contributed by atoms with van der Waals surface area (Å²) >= 11 is 0. The third-order valence-corrected chi connectivity index (χ3v) is 3.88. The number of amides is 1.